The molecular formula is C27H29N3O6. The van der Waals surface area contributed by atoms with E-state index >= 15 is 0 Å². The SMILES string of the molecule is COc1cc2ccc(-c3ccc(CC(=O)Nc4cc(C(C)(C)C(O)(O)O)[nH]n4)cc3)cc2cc1OC. The van der Waals surface area contributed by atoms with Gasteiger partial charge in [0, 0.05) is 6.07 Å². The van der Waals surface area contributed by atoms with Gasteiger partial charge in [-0.05, 0) is 59.5 Å². The highest BCUT2D eigenvalue weighted by molar-refractivity contribution is 5.92. The molecule has 0 saturated heterocycles. The number of methoxy groups -OCH3 is 2. The molecule has 1 amide bonds. The molecule has 4 aromatic rings. The number of aromatic nitrogens is 2. The number of fused-ring (bicyclic) bond motifs is 1. The lowest BCUT2D eigenvalue weighted by Gasteiger charge is -2.31. The molecule has 3 aromatic carbocycles. The van der Waals surface area contributed by atoms with Crippen molar-refractivity contribution < 1.29 is 29.6 Å². The summed E-state index contributed by atoms with van der Waals surface area (Å²) in [5.41, 5.74) is 1.67. The van der Waals surface area contributed by atoms with E-state index in [1.54, 1.807) is 14.2 Å². The Balaban J connectivity index is 1.45. The van der Waals surface area contributed by atoms with E-state index in [2.05, 4.69) is 21.6 Å². The van der Waals surface area contributed by atoms with Gasteiger partial charge in [-0.15, -0.1) is 0 Å². The molecule has 0 bridgehead atoms. The predicted molar refractivity (Wildman–Crippen MR) is 136 cm³/mol. The average Bonchev–Trinajstić information content (AvgIpc) is 3.31. The van der Waals surface area contributed by atoms with Crippen LogP contribution in [0.2, 0.25) is 0 Å². The van der Waals surface area contributed by atoms with E-state index in [9.17, 15) is 20.1 Å². The molecule has 188 valence electrons. The maximum Gasteiger partial charge on any atom is 0.286 e. The highest BCUT2D eigenvalue weighted by atomic mass is 16.7. The molecule has 5 N–H and O–H groups in total. The molecule has 0 radical (unpaired) electrons. The average molecular weight is 492 g/mol. The van der Waals surface area contributed by atoms with Gasteiger partial charge in [0.15, 0.2) is 17.3 Å². The molecule has 0 fully saturated rings. The monoisotopic (exact) mass is 491 g/mol. The molecule has 9 heteroatoms. The van der Waals surface area contributed by atoms with Gasteiger partial charge >= 0.3 is 0 Å². The Hall–Kier alpha value is -3.92. The predicted octanol–water partition coefficient (Wildman–Crippen LogP) is 3.34. The van der Waals surface area contributed by atoms with Crippen LogP contribution in [0.15, 0.2) is 60.7 Å². The van der Waals surface area contributed by atoms with Crippen molar-refractivity contribution in [2.24, 2.45) is 0 Å². The van der Waals surface area contributed by atoms with E-state index in [0.717, 1.165) is 27.5 Å². The van der Waals surface area contributed by atoms with Crippen molar-refractivity contribution in [3.8, 4) is 22.6 Å². The number of carbonyl (C=O) groups is 1. The summed E-state index contributed by atoms with van der Waals surface area (Å²) >= 11 is 0. The zero-order valence-corrected chi connectivity index (χ0v) is 20.5. The Morgan fingerprint density at radius 2 is 1.50 bits per heavy atom. The fraction of sp³-hybridized carbons (Fsp3) is 0.259. The fourth-order valence-electron chi connectivity index (χ4n) is 3.83. The topological polar surface area (TPSA) is 137 Å². The smallest absolute Gasteiger partial charge is 0.286 e. The molecule has 1 aromatic heterocycles. The van der Waals surface area contributed by atoms with E-state index in [1.807, 2.05) is 48.5 Å². The zero-order valence-electron chi connectivity index (χ0n) is 20.5. The number of nitrogens with zero attached hydrogens (tertiary/aromatic N) is 1. The lowest BCUT2D eigenvalue weighted by atomic mass is 9.86. The number of rotatable bonds is 8. The summed E-state index contributed by atoms with van der Waals surface area (Å²) < 4.78 is 10.8. The minimum Gasteiger partial charge on any atom is -0.493 e. The number of H-pyrrole nitrogens is 1. The number of aromatic amines is 1. The summed E-state index contributed by atoms with van der Waals surface area (Å²) in [5.74, 6) is -1.68. The highest BCUT2D eigenvalue weighted by Gasteiger charge is 2.43. The van der Waals surface area contributed by atoms with Crippen LogP contribution in [0.3, 0.4) is 0 Å². The summed E-state index contributed by atoms with van der Waals surface area (Å²) in [6.45, 7) is 2.85. The van der Waals surface area contributed by atoms with Gasteiger partial charge in [0.2, 0.25) is 5.91 Å². The molecule has 0 aliphatic heterocycles. The van der Waals surface area contributed by atoms with Gasteiger partial charge in [0.25, 0.3) is 5.97 Å². The molecule has 9 nitrogen and oxygen atoms in total. The van der Waals surface area contributed by atoms with Crippen molar-refractivity contribution >= 4 is 22.5 Å². The lowest BCUT2D eigenvalue weighted by molar-refractivity contribution is -0.346. The van der Waals surface area contributed by atoms with Crippen molar-refractivity contribution in [2.75, 3.05) is 19.5 Å². The number of hydrogen-bond acceptors (Lipinski definition) is 7. The maximum absolute atomic E-state index is 12.5. The molecule has 0 aliphatic carbocycles. The van der Waals surface area contributed by atoms with E-state index < -0.39 is 11.4 Å². The molecule has 0 aliphatic rings. The van der Waals surface area contributed by atoms with Gasteiger partial charge in [-0.25, -0.2) is 0 Å². The van der Waals surface area contributed by atoms with E-state index in [1.165, 1.54) is 19.9 Å². The third-order valence-corrected chi connectivity index (χ3v) is 6.35. The van der Waals surface area contributed by atoms with Crippen LogP contribution in [0.25, 0.3) is 21.9 Å². The quantitative estimate of drug-likeness (QED) is 0.238. The van der Waals surface area contributed by atoms with Gasteiger partial charge in [-0.2, -0.15) is 5.10 Å². The Morgan fingerprint density at radius 3 is 2.11 bits per heavy atom. The van der Waals surface area contributed by atoms with Crippen LogP contribution in [-0.4, -0.2) is 51.6 Å². The Bertz CT molecular complexity index is 1390. The second kappa shape index (κ2) is 9.62. The van der Waals surface area contributed by atoms with Crippen molar-refractivity contribution in [1.29, 1.82) is 0 Å². The van der Waals surface area contributed by atoms with Gasteiger partial charge in [-0.1, -0.05) is 36.4 Å². The molecule has 0 atom stereocenters. The van der Waals surface area contributed by atoms with Gasteiger partial charge < -0.3 is 30.1 Å². The van der Waals surface area contributed by atoms with Crippen LogP contribution in [0.5, 0.6) is 11.5 Å². The summed E-state index contributed by atoms with van der Waals surface area (Å²) in [6, 6.07) is 19.2. The molecule has 0 spiro atoms. The van der Waals surface area contributed by atoms with Gasteiger partial charge in [0.05, 0.1) is 31.7 Å². The number of hydrogen-bond donors (Lipinski definition) is 5. The van der Waals surface area contributed by atoms with E-state index in [4.69, 9.17) is 9.47 Å². The molecule has 0 unspecified atom stereocenters. The summed E-state index contributed by atoms with van der Waals surface area (Å²) in [5, 5.41) is 40.0. The van der Waals surface area contributed by atoms with Crippen LogP contribution < -0.4 is 14.8 Å². The molecule has 4 rings (SSSR count). The van der Waals surface area contributed by atoms with Crippen LogP contribution in [-0.2, 0) is 16.6 Å². The van der Waals surface area contributed by atoms with Crippen LogP contribution in [0.4, 0.5) is 5.82 Å². The van der Waals surface area contributed by atoms with E-state index in [0.29, 0.717) is 11.5 Å². The lowest BCUT2D eigenvalue weighted by Crippen LogP contribution is -2.47. The molecule has 0 saturated carbocycles. The number of ether oxygens (including phenoxy) is 2. The van der Waals surface area contributed by atoms with Crippen molar-refractivity contribution in [1.82, 2.24) is 10.2 Å². The van der Waals surface area contributed by atoms with E-state index in [-0.39, 0.29) is 23.8 Å². The number of amides is 1. The van der Waals surface area contributed by atoms with Gasteiger partial charge in [-0.3, -0.25) is 9.89 Å². The minimum absolute atomic E-state index is 0.129. The van der Waals surface area contributed by atoms with Crippen molar-refractivity contribution in [3.63, 3.8) is 0 Å². The third-order valence-electron chi connectivity index (χ3n) is 6.35. The molecule has 1 heterocycles. The van der Waals surface area contributed by atoms with Crippen molar-refractivity contribution in [3.05, 3.63) is 71.9 Å². The third kappa shape index (κ3) is 5.03. The van der Waals surface area contributed by atoms with Crippen LogP contribution >= 0.6 is 0 Å². The first kappa shape index (κ1) is 25.2. The first-order valence-corrected chi connectivity index (χ1v) is 11.3. The number of carbonyl (C=O) groups excluding carboxylic acids is 1. The summed E-state index contributed by atoms with van der Waals surface area (Å²) in [7, 11) is 3.22. The minimum atomic E-state index is -2.95. The second-order valence-electron chi connectivity index (χ2n) is 9.12. The summed E-state index contributed by atoms with van der Waals surface area (Å²) in [4.78, 5) is 12.5. The number of aliphatic hydroxyl groups is 3. The largest absolute Gasteiger partial charge is 0.493 e. The maximum atomic E-state index is 12.5. The van der Waals surface area contributed by atoms with Crippen LogP contribution in [0, 0.1) is 0 Å². The first-order valence-electron chi connectivity index (χ1n) is 11.3. The molecule has 36 heavy (non-hydrogen) atoms. The Kier molecular flexibility index (Phi) is 6.73. The highest BCUT2D eigenvalue weighted by Crippen LogP contribution is 2.34. The van der Waals surface area contributed by atoms with Crippen molar-refractivity contribution in [2.45, 2.75) is 31.7 Å². The number of anilines is 1. The second-order valence-corrected chi connectivity index (χ2v) is 9.12. The standard InChI is InChI=1S/C27H29N3O6/c1-26(2,27(32,33)34)23-15-24(30-29-23)28-25(31)11-16-5-7-17(8-6-16)18-9-10-19-13-21(35-3)22(36-4)14-20(19)12-18/h5-10,12-15,32-34H,11H2,1-4H3,(H2,28,29,30,31). The number of benzene rings is 3. The zero-order chi connectivity index (χ0) is 26.1. The normalized spacial score (nSPS) is 12.0. The van der Waals surface area contributed by atoms with Crippen LogP contribution in [0.1, 0.15) is 25.1 Å². The Labute approximate surface area is 208 Å². The summed E-state index contributed by atoms with van der Waals surface area (Å²) in [6.07, 6.45) is 0.129. The fourth-order valence-corrected chi connectivity index (χ4v) is 3.83. The first-order chi connectivity index (χ1) is 17.0. The number of nitrogens with one attached hydrogen (secondary N) is 2. The Morgan fingerprint density at radius 1 is 0.889 bits per heavy atom. The molecular weight excluding hydrogens is 462 g/mol. The van der Waals surface area contributed by atoms with Gasteiger partial charge in [0.1, 0.15) is 0 Å².